The maximum Gasteiger partial charge on any atom is 0.223 e. The normalized spacial score (nSPS) is 25.1. The number of hydrogen-bond donors (Lipinski definition) is 2. The Morgan fingerprint density at radius 1 is 1.30 bits per heavy atom. The molecule has 0 saturated heterocycles. The highest BCUT2D eigenvalue weighted by Crippen LogP contribution is 2.44. The van der Waals surface area contributed by atoms with Crippen molar-refractivity contribution in [3.63, 3.8) is 0 Å². The van der Waals surface area contributed by atoms with Crippen molar-refractivity contribution in [2.75, 3.05) is 6.54 Å². The van der Waals surface area contributed by atoms with Gasteiger partial charge in [0.15, 0.2) is 0 Å². The molecule has 1 aromatic carbocycles. The van der Waals surface area contributed by atoms with Crippen LogP contribution < -0.4 is 5.32 Å². The molecule has 2 rings (SSSR count). The zero-order valence-corrected chi connectivity index (χ0v) is 14.9. The van der Waals surface area contributed by atoms with Crippen LogP contribution in [0.2, 0.25) is 0 Å². The molecule has 3 nitrogen and oxygen atoms in total. The molecule has 0 aliphatic heterocycles. The number of carbonyl (C=O) groups excluding carboxylic acids is 1. The van der Waals surface area contributed by atoms with Crippen molar-refractivity contribution >= 4 is 5.91 Å². The molecule has 1 aliphatic carbocycles. The Morgan fingerprint density at radius 3 is 2.57 bits per heavy atom. The van der Waals surface area contributed by atoms with E-state index in [1.807, 2.05) is 30.3 Å². The average molecular weight is 317 g/mol. The molecule has 0 aromatic heterocycles. The summed E-state index contributed by atoms with van der Waals surface area (Å²) >= 11 is 0. The summed E-state index contributed by atoms with van der Waals surface area (Å²) in [5, 5.41) is 13.2. The minimum Gasteiger partial charge on any atom is -0.387 e. The standard InChI is InChI=1S/C20H31NO2/c1-14(2)16-10-11-20(3,4)12-17(16)19(23)21-13-18(22)15-8-6-5-7-9-15/h5-9,14,16-18,22H,10-13H2,1-4H3,(H,21,23)/t16?,17-,18?/m1/s1. The predicted octanol–water partition coefficient (Wildman–Crippen LogP) is 3.93. The van der Waals surface area contributed by atoms with Crippen LogP contribution >= 0.6 is 0 Å². The van der Waals surface area contributed by atoms with Crippen molar-refractivity contribution in [3.05, 3.63) is 35.9 Å². The molecule has 128 valence electrons. The maximum atomic E-state index is 12.7. The highest BCUT2D eigenvalue weighted by molar-refractivity contribution is 5.79. The van der Waals surface area contributed by atoms with Crippen LogP contribution in [0.4, 0.5) is 0 Å². The van der Waals surface area contributed by atoms with Crippen LogP contribution in [0.3, 0.4) is 0 Å². The lowest BCUT2D eigenvalue weighted by molar-refractivity contribution is -0.131. The Balaban J connectivity index is 1.97. The van der Waals surface area contributed by atoms with Crippen LogP contribution in [0.1, 0.15) is 58.6 Å². The summed E-state index contributed by atoms with van der Waals surface area (Å²) in [6.07, 6.45) is 2.59. The van der Waals surface area contributed by atoms with E-state index in [9.17, 15) is 9.90 Å². The lowest BCUT2D eigenvalue weighted by atomic mass is 9.64. The van der Waals surface area contributed by atoms with Gasteiger partial charge in [-0.2, -0.15) is 0 Å². The van der Waals surface area contributed by atoms with Crippen molar-refractivity contribution in [1.29, 1.82) is 0 Å². The SMILES string of the molecule is CC(C)C1CCC(C)(C)C[C@H]1C(=O)NCC(O)c1ccccc1. The molecule has 1 aliphatic rings. The second-order valence-electron chi connectivity index (χ2n) is 8.09. The summed E-state index contributed by atoms with van der Waals surface area (Å²) in [4.78, 5) is 12.7. The third-order valence-corrected chi connectivity index (χ3v) is 5.29. The molecule has 0 bridgehead atoms. The predicted molar refractivity (Wildman–Crippen MR) is 93.9 cm³/mol. The number of hydrogen-bond acceptors (Lipinski definition) is 2. The van der Waals surface area contributed by atoms with Gasteiger partial charge >= 0.3 is 0 Å². The first kappa shape index (κ1) is 18.0. The molecular weight excluding hydrogens is 286 g/mol. The first-order valence-electron chi connectivity index (χ1n) is 8.81. The molecule has 23 heavy (non-hydrogen) atoms. The Labute approximate surface area is 140 Å². The van der Waals surface area contributed by atoms with Gasteiger partial charge in [0.25, 0.3) is 0 Å². The fourth-order valence-electron chi connectivity index (χ4n) is 3.81. The maximum absolute atomic E-state index is 12.7. The number of amides is 1. The monoisotopic (exact) mass is 317 g/mol. The molecule has 0 radical (unpaired) electrons. The van der Waals surface area contributed by atoms with E-state index >= 15 is 0 Å². The molecule has 2 unspecified atom stereocenters. The Kier molecular flexibility index (Phi) is 5.85. The largest absolute Gasteiger partial charge is 0.387 e. The van der Waals surface area contributed by atoms with Gasteiger partial charge in [-0.3, -0.25) is 4.79 Å². The molecule has 1 saturated carbocycles. The van der Waals surface area contributed by atoms with Crippen molar-refractivity contribution < 1.29 is 9.90 Å². The van der Waals surface area contributed by atoms with Crippen molar-refractivity contribution in [2.24, 2.45) is 23.2 Å². The zero-order valence-electron chi connectivity index (χ0n) is 14.9. The summed E-state index contributed by atoms with van der Waals surface area (Å²) < 4.78 is 0. The molecule has 2 N–H and O–H groups in total. The highest BCUT2D eigenvalue weighted by atomic mass is 16.3. The molecule has 1 aromatic rings. The topological polar surface area (TPSA) is 49.3 Å². The zero-order chi connectivity index (χ0) is 17.0. The van der Waals surface area contributed by atoms with Gasteiger partial charge < -0.3 is 10.4 Å². The second kappa shape index (κ2) is 7.48. The van der Waals surface area contributed by atoms with Crippen LogP contribution in [-0.2, 0) is 4.79 Å². The van der Waals surface area contributed by atoms with Crippen molar-refractivity contribution in [2.45, 2.75) is 53.1 Å². The van der Waals surface area contributed by atoms with Gasteiger partial charge in [0, 0.05) is 12.5 Å². The number of aliphatic hydroxyl groups is 1. The quantitative estimate of drug-likeness (QED) is 0.864. The van der Waals surface area contributed by atoms with Crippen LogP contribution in [0.25, 0.3) is 0 Å². The molecule has 0 spiro atoms. The van der Waals surface area contributed by atoms with Crippen LogP contribution in [0.5, 0.6) is 0 Å². The van der Waals surface area contributed by atoms with Crippen molar-refractivity contribution in [1.82, 2.24) is 5.32 Å². The highest BCUT2D eigenvalue weighted by Gasteiger charge is 2.39. The fourth-order valence-corrected chi connectivity index (χ4v) is 3.81. The van der Waals surface area contributed by atoms with Crippen LogP contribution in [0, 0.1) is 23.2 Å². The third-order valence-electron chi connectivity index (χ3n) is 5.29. The molecule has 3 atom stereocenters. The van der Waals surface area contributed by atoms with E-state index < -0.39 is 6.10 Å². The van der Waals surface area contributed by atoms with Crippen molar-refractivity contribution in [3.8, 4) is 0 Å². The third kappa shape index (κ3) is 4.81. The van der Waals surface area contributed by atoms with E-state index in [-0.39, 0.29) is 23.8 Å². The minimum absolute atomic E-state index is 0.0572. The number of benzene rings is 1. The molecular formula is C20H31NO2. The molecule has 1 amide bonds. The first-order chi connectivity index (χ1) is 10.8. The molecule has 0 heterocycles. The van der Waals surface area contributed by atoms with E-state index in [2.05, 4.69) is 33.0 Å². The molecule has 3 heteroatoms. The Hall–Kier alpha value is -1.35. The van der Waals surface area contributed by atoms with E-state index in [1.165, 1.54) is 6.42 Å². The average Bonchev–Trinajstić information content (AvgIpc) is 2.51. The number of nitrogens with one attached hydrogen (secondary N) is 1. The van der Waals surface area contributed by atoms with E-state index in [0.29, 0.717) is 11.8 Å². The van der Waals surface area contributed by atoms with Crippen LogP contribution in [0.15, 0.2) is 30.3 Å². The van der Waals surface area contributed by atoms with Gasteiger partial charge in [0.2, 0.25) is 5.91 Å². The van der Waals surface area contributed by atoms with Gasteiger partial charge in [-0.15, -0.1) is 0 Å². The first-order valence-corrected chi connectivity index (χ1v) is 8.81. The van der Waals surface area contributed by atoms with Gasteiger partial charge in [0.05, 0.1) is 6.10 Å². The summed E-state index contributed by atoms with van der Waals surface area (Å²) in [6.45, 7) is 9.21. The number of aliphatic hydroxyl groups excluding tert-OH is 1. The summed E-state index contributed by atoms with van der Waals surface area (Å²) in [5.74, 6) is 1.12. The van der Waals surface area contributed by atoms with Gasteiger partial charge in [-0.05, 0) is 42.1 Å². The second-order valence-corrected chi connectivity index (χ2v) is 8.09. The van der Waals surface area contributed by atoms with Gasteiger partial charge in [0.1, 0.15) is 0 Å². The summed E-state index contributed by atoms with van der Waals surface area (Å²) in [7, 11) is 0. The van der Waals surface area contributed by atoms with Gasteiger partial charge in [-0.25, -0.2) is 0 Å². The summed E-state index contributed by atoms with van der Waals surface area (Å²) in [5.41, 5.74) is 1.07. The van der Waals surface area contributed by atoms with Gasteiger partial charge in [-0.1, -0.05) is 58.0 Å². The fraction of sp³-hybridized carbons (Fsp3) is 0.650. The lowest BCUT2D eigenvalue weighted by Gasteiger charge is -2.41. The smallest absolute Gasteiger partial charge is 0.223 e. The van der Waals surface area contributed by atoms with E-state index in [0.717, 1.165) is 18.4 Å². The number of rotatable bonds is 5. The lowest BCUT2D eigenvalue weighted by Crippen LogP contribution is -2.43. The van der Waals surface area contributed by atoms with E-state index in [1.54, 1.807) is 0 Å². The van der Waals surface area contributed by atoms with Crippen LogP contribution in [-0.4, -0.2) is 17.6 Å². The van der Waals surface area contributed by atoms with E-state index in [4.69, 9.17) is 0 Å². The molecule has 1 fully saturated rings. The summed E-state index contributed by atoms with van der Waals surface area (Å²) in [6, 6.07) is 9.50. The Bertz CT molecular complexity index is 510. The minimum atomic E-state index is -0.644. The Morgan fingerprint density at radius 2 is 1.96 bits per heavy atom. The number of carbonyl (C=O) groups is 1.